The molecule has 0 bridgehead atoms. The van der Waals surface area contributed by atoms with Gasteiger partial charge >= 0.3 is 0 Å². The number of H-pyrrole nitrogens is 1. The van der Waals surface area contributed by atoms with Gasteiger partial charge in [-0.25, -0.2) is 4.98 Å². The molecule has 0 amide bonds. The molecule has 1 atom stereocenters. The van der Waals surface area contributed by atoms with E-state index in [9.17, 15) is 0 Å². The second kappa shape index (κ2) is 6.10. The van der Waals surface area contributed by atoms with Gasteiger partial charge < -0.3 is 14.2 Å². The molecule has 23 heavy (non-hydrogen) atoms. The fourth-order valence-corrected chi connectivity index (χ4v) is 3.10. The monoisotopic (exact) mass is 313 g/mol. The van der Waals surface area contributed by atoms with Crippen LogP contribution in [0.1, 0.15) is 12.8 Å². The number of hydrogen-bond donors (Lipinski definition) is 1. The van der Waals surface area contributed by atoms with Crippen molar-refractivity contribution in [3.63, 3.8) is 0 Å². The molecule has 1 saturated heterocycles. The molecule has 120 valence electrons. The largest absolute Gasteiger partial charge is 0.378 e. The first-order valence-electron chi connectivity index (χ1n) is 7.92. The fourth-order valence-electron chi connectivity index (χ4n) is 3.10. The van der Waals surface area contributed by atoms with E-state index < -0.39 is 0 Å². The Bertz CT molecular complexity index is 796. The Balaban J connectivity index is 1.58. The Morgan fingerprint density at radius 1 is 1.39 bits per heavy atom. The van der Waals surface area contributed by atoms with Crippen LogP contribution in [0.5, 0.6) is 0 Å². The molecule has 1 N–H and O–H groups in total. The smallest absolute Gasteiger partial charge is 0.228 e. The molecule has 0 aliphatic carbocycles. The summed E-state index contributed by atoms with van der Waals surface area (Å²) in [7, 11) is 0. The molecule has 7 nitrogen and oxygen atoms in total. The van der Waals surface area contributed by atoms with Crippen molar-refractivity contribution in [3.8, 4) is 11.4 Å². The molecule has 1 aliphatic heterocycles. The van der Waals surface area contributed by atoms with Crippen LogP contribution in [-0.4, -0.2) is 57.4 Å². The summed E-state index contributed by atoms with van der Waals surface area (Å²) in [5.41, 5.74) is 1.75. The van der Waals surface area contributed by atoms with E-state index in [2.05, 4.69) is 31.9 Å². The Hall–Kier alpha value is -2.25. The summed E-state index contributed by atoms with van der Waals surface area (Å²) < 4.78 is 11.0. The number of nitrogens with one attached hydrogen (secondary N) is 1. The summed E-state index contributed by atoms with van der Waals surface area (Å²) in [6.45, 7) is 5.63. The molecular formula is C16H19N5O2. The molecule has 1 unspecified atom stereocenters. The molecule has 0 radical (unpaired) electrons. The molecule has 7 heteroatoms. The minimum atomic E-state index is 0.298. The molecule has 0 aromatic carbocycles. The van der Waals surface area contributed by atoms with Crippen molar-refractivity contribution >= 4 is 11.0 Å². The van der Waals surface area contributed by atoms with Crippen molar-refractivity contribution in [3.05, 3.63) is 30.4 Å². The zero-order valence-corrected chi connectivity index (χ0v) is 13.0. The van der Waals surface area contributed by atoms with Gasteiger partial charge in [-0.05, 0) is 18.7 Å². The number of pyridine rings is 1. The normalized spacial score (nSPS) is 19.4. The first-order valence-corrected chi connectivity index (χ1v) is 7.92. The number of nitrogens with zero attached hydrogens (tertiary/aromatic N) is 4. The third kappa shape index (κ3) is 2.73. The van der Waals surface area contributed by atoms with E-state index in [-0.39, 0.29) is 0 Å². The quantitative estimate of drug-likeness (QED) is 0.792. The number of rotatable bonds is 4. The summed E-state index contributed by atoms with van der Waals surface area (Å²) in [5, 5.41) is 5.14. The number of likely N-dealkylation sites (N-methyl/N-ethyl adjacent to an activating group) is 1. The van der Waals surface area contributed by atoms with Crippen molar-refractivity contribution in [2.24, 2.45) is 0 Å². The molecule has 4 heterocycles. The lowest BCUT2D eigenvalue weighted by molar-refractivity contribution is -0.00688. The molecule has 0 saturated carbocycles. The van der Waals surface area contributed by atoms with Crippen molar-refractivity contribution < 1.29 is 9.26 Å². The van der Waals surface area contributed by atoms with Gasteiger partial charge in [-0.1, -0.05) is 12.1 Å². The van der Waals surface area contributed by atoms with Crippen LogP contribution in [0.4, 0.5) is 0 Å². The highest BCUT2D eigenvalue weighted by Crippen LogP contribution is 2.25. The molecule has 1 fully saturated rings. The maximum atomic E-state index is 5.58. The van der Waals surface area contributed by atoms with Gasteiger partial charge in [0.25, 0.3) is 0 Å². The van der Waals surface area contributed by atoms with Gasteiger partial charge in [-0.15, -0.1) is 0 Å². The molecule has 3 aromatic rings. The summed E-state index contributed by atoms with van der Waals surface area (Å²) in [5.74, 6) is 1.25. The lowest BCUT2D eigenvalue weighted by Gasteiger charge is -2.33. The van der Waals surface area contributed by atoms with E-state index >= 15 is 0 Å². The van der Waals surface area contributed by atoms with Gasteiger partial charge in [0.05, 0.1) is 13.2 Å². The van der Waals surface area contributed by atoms with Crippen molar-refractivity contribution in [2.45, 2.75) is 19.4 Å². The average Bonchev–Trinajstić information content (AvgIpc) is 3.24. The summed E-state index contributed by atoms with van der Waals surface area (Å²) in [4.78, 5) is 14.3. The second-order valence-corrected chi connectivity index (χ2v) is 5.67. The summed E-state index contributed by atoms with van der Waals surface area (Å²) >= 11 is 0. The van der Waals surface area contributed by atoms with E-state index in [0.717, 1.165) is 36.3 Å². The highest BCUT2D eigenvalue weighted by Gasteiger charge is 2.24. The van der Waals surface area contributed by atoms with Gasteiger partial charge in [-0.2, -0.15) is 4.98 Å². The van der Waals surface area contributed by atoms with E-state index in [1.165, 1.54) is 0 Å². The standard InChI is InChI=1S/C16H19N5O2/c1-2-21-7-8-22-10-11(21)9-14-19-16(20-23-14)13-4-6-18-15-12(13)3-5-17-15/h3-6,11H,2,7-10H2,1H3,(H,17,18). The number of morpholine rings is 1. The molecule has 1 aliphatic rings. The van der Waals surface area contributed by atoms with E-state index in [0.29, 0.717) is 30.8 Å². The number of aromatic nitrogens is 4. The van der Waals surface area contributed by atoms with Gasteiger partial charge in [0, 0.05) is 42.4 Å². The van der Waals surface area contributed by atoms with Crippen LogP contribution >= 0.6 is 0 Å². The Kier molecular flexibility index (Phi) is 3.80. The summed E-state index contributed by atoms with van der Waals surface area (Å²) in [6, 6.07) is 4.18. The van der Waals surface area contributed by atoms with Crippen LogP contribution in [-0.2, 0) is 11.2 Å². The van der Waals surface area contributed by atoms with Crippen LogP contribution in [0, 0.1) is 0 Å². The lowest BCUT2D eigenvalue weighted by Crippen LogP contribution is -2.46. The van der Waals surface area contributed by atoms with Crippen LogP contribution in [0.2, 0.25) is 0 Å². The minimum Gasteiger partial charge on any atom is -0.378 e. The first-order chi connectivity index (χ1) is 11.3. The number of fused-ring (bicyclic) bond motifs is 1. The zero-order chi connectivity index (χ0) is 15.6. The van der Waals surface area contributed by atoms with Crippen molar-refractivity contribution in [1.82, 2.24) is 25.0 Å². The molecule has 3 aromatic heterocycles. The molecule has 0 spiro atoms. The third-order valence-electron chi connectivity index (χ3n) is 4.34. The van der Waals surface area contributed by atoms with Crippen molar-refractivity contribution in [1.29, 1.82) is 0 Å². The third-order valence-corrected chi connectivity index (χ3v) is 4.34. The predicted molar refractivity (Wildman–Crippen MR) is 84.9 cm³/mol. The fraction of sp³-hybridized carbons (Fsp3) is 0.438. The number of hydrogen-bond acceptors (Lipinski definition) is 6. The maximum Gasteiger partial charge on any atom is 0.228 e. The summed E-state index contributed by atoms with van der Waals surface area (Å²) in [6.07, 6.45) is 4.32. The van der Waals surface area contributed by atoms with Gasteiger partial charge in [0.1, 0.15) is 5.65 Å². The Morgan fingerprint density at radius 2 is 2.35 bits per heavy atom. The van der Waals surface area contributed by atoms with Gasteiger partial charge in [-0.3, -0.25) is 4.90 Å². The number of aromatic amines is 1. The van der Waals surface area contributed by atoms with Crippen LogP contribution in [0.15, 0.2) is 29.0 Å². The van der Waals surface area contributed by atoms with Crippen LogP contribution in [0.3, 0.4) is 0 Å². The minimum absolute atomic E-state index is 0.298. The van der Waals surface area contributed by atoms with E-state index in [1.807, 2.05) is 18.3 Å². The maximum absolute atomic E-state index is 5.58. The van der Waals surface area contributed by atoms with Crippen molar-refractivity contribution in [2.75, 3.05) is 26.3 Å². The number of ether oxygens (including phenoxy) is 1. The lowest BCUT2D eigenvalue weighted by atomic mass is 10.1. The van der Waals surface area contributed by atoms with E-state index in [1.54, 1.807) is 6.20 Å². The van der Waals surface area contributed by atoms with Gasteiger partial charge in [0.15, 0.2) is 0 Å². The highest BCUT2D eigenvalue weighted by atomic mass is 16.5. The average molecular weight is 313 g/mol. The van der Waals surface area contributed by atoms with Crippen LogP contribution < -0.4 is 0 Å². The SMILES string of the molecule is CCN1CCOCC1Cc1nc(-c2ccnc3[nH]ccc23)no1. The second-order valence-electron chi connectivity index (χ2n) is 5.67. The molecule has 4 rings (SSSR count). The topological polar surface area (TPSA) is 80.1 Å². The van der Waals surface area contributed by atoms with Crippen LogP contribution in [0.25, 0.3) is 22.4 Å². The zero-order valence-electron chi connectivity index (χ0n) is 13.0. The molecular weight excluding hydrogens is 294 g/mol. The Morgan fingerprint density at radius 3 is 3.26 bits per heavy atom. The first kappa shape index (κ1) is 14.3. The Labute approximate surface area is 133 Å². The van der Waals surface area contributed by atoms with Gasteiger partial charge in [0.2, 0.25) is 11.7 Å². The highest BCUT2D eigenvalue weighted by molar-refractivity contribution is 5.90. The predicted octanol–water partition coefficient (Wildman–Crippen LogP) is 1.88. The van der Waals surface area contributed by atoms with E-state index in [4.69, 9.17) is 9.26 Å².